The van der Waals surface area contributed by atoms with Crippen LogP contribution in [0.15, 0.2) is 0 Å². The molecule has 0 bridgehead atoms. The molecular formula is C2H6IO3P. The molecule has 0 radical (unpaired) electrons. The average Bonchev–Trinajstić information content (AvgIpc) is 1.31. The first-order valence-electron chi connectivity index (χ1n) is 1.64. The van der Waals surface area contributed by atoms with Crippen LogP contribution >= 0.6 is 30.2 Å². The third kappa shape index (κ3) is 3.46. The highest BCUT2D eigenvalue weighted by Gasteiger charge is 2.19. The molecule has 5 heteroatoms. The van der Waals surface area contributed by atoms with Crippen LogP contribution in [0, 0.1) is 0 Å². The lowest BCUT2D eigenvalue weighted by molar-refractivity contribution is 0.373. The van der Waals surface area contributed by atoms with Crippen LogP contribution < -0.4 is 0 Å². The normalized spacial score (nSPS) is 16.6. The molecule has 0 aliphatic heterocycles. The van der Waals surface area contributed by atoms with Crippen LogP contribution in [-0.2, 0) is 4.57 Å². The van der Waals surface area contributed by atoms with Crippen LogP contribution in [0.25, 0.3) is 0 Å². The summed E-state index contributed by atoms with van der Waals surface area (Å²) in [6.45, 7) is 1.47. The van der Waals surface area contributed by atoms with E-state index >= 15 is 0 Å². The van der Waals surface area contributed by atoms with Gasteiger partial charge in [0.1, 0.15) is 3.67 Å². The first kappa shape index (κ1) is 7.88. The van der Waals surface area contributed by atoms with E-state index in [9.17, 15) is 4.57 Å². The minimum absolute atomic E-state index is 0.565. The van der Waals surface area contributed by atoms with E-state index in [-0.39, 0.29) is 0 Å². The molecule has 0 aromatic carbocycles. The van der Waals surface area contributed by atoms with Crippen molar-refractivity contribution in [3.63, 3.8) is 0 Å². The van der Waals surface area contributed by atoms with Crippen molar-refractivity contribution in [3.05, 3.63) is 0 Å². The average molecular weight is 236 g/mol. The van der Waals surface area contributed by atoms with Crippen LogP contribution in [0.1, 0.15) is 6.92 Å². The highest BCUT2D eigenvalue weighted by atomic mass is 127. The summed E-state index contributed by atoms with van der Waals surface area (Å²) in [6, 6.07) is 0. The third-order valence-electron chi connectivity index (χ3n) is 0.463. The van der Waals surface area contributed by atoms with Crippen LogP contribution in [0.3, 0.4) is 0 Å². The van der Waals surface area contributed by atoms with Crippen molar-refractivity contribution in [1.29, 1.82) is 0 Å². The standard InChI is InChI=1S/C2H6IO3P/c1-2(3)7(4,5)6/h2H,1H3,(H2,4,5,6). The Labute approximate surface area is 55.4 Å². The Morgan fingerprint density at radius 2 is 1.86 bits per heavy atom. The summed E-state index contributed by atoms with van der Waals surface area (Å²) in [5, 5.41) is 0. The smallest absolute Gasteiger partial charge is 0.324 e. The summed E-state index contributed by atoms with van der Waals surface area (Å²) >= 11 is 1.69. The molecule has 0 rings (SSSR count). The molecule has 0 fully saturated rings. The van der Waals surface area contributed by atoms with Crippen LogP contribution in [0.2, 0.25) is 0 Å². The molecule has 0 spiro atoms. The zero-order valence-electron chi connectivity index (χ0n) is 3.71. The van der Waals surface area contributed by atoms with Gasteiger partial charge in [-0.15, -0.1) is 0 Å². The van der Waals surface area contributed by atoms with Gasteiger partial charge in [-0.25, -0.2) is 0 Å². The summed E-state index contributed by atoms with van der Waals surface area (Å²) in [5.74, 6) is 0. The fourth-order valence-electron chi connectivity index (χ4n) is 0. The van der Waals surface area contributed by atoms with Crippen molar-refractivity contribution in [3.8, 4) is 0 Å². The van der Waals surface area contributed by atoms with E-state index < -0.39 is 11.3 Å². The Balaban J connectivity index is 3.80. The second-order valence-electron chi connectivity index (χ2n) is 1.16. The van der Waals surface area contributed by atoms with E-state index in [1.165, 1.54) is 6.92 Å². The quantitative estimate of drug-likeness (QED) is 0.404. The Morgan fingerprint density at radius 3 is 1.86 bits per heavy atom. The fraction of sp³-hybridized carbons (Fsp3) is 1.00. The molecule has 44 valence electrons. The molecule has 0 aromatic heterocycles. The monoisotopic (exact) mass is 236 g/mol. The number of rotatable bonds is 1. The molecule has 1 atom stereocenters. The summed E-state index contributed by atoms with van der Waals surface area (Å²) < 4.78 is 9.45. The minimum atomic E-state index is -3.75. The molecule has 3 nitrogen and oxygen atoms in total. The van der Waals surface area contributed by atoms with Gasteiger partial charge < -0.3 is 9.79 Å². The van der Waals surface area contributed by atoms with Gasteiger partial charge in [-0.1, -0.05) is 22.6 Å². The van der Waals surface area contributed by atoms with Crippen molar-refractivity contribution in [2.45, 2.75) is 10.6 Å². The number of hydrogen-bond acceptors (Lipinski definition) is 1. The second-order valence-corrected chi connectivity index (χ2v) is 5.97. The molecule has 0 aromatic rings. The molecule has 7 heavy (non-hydrogen) atoms. The first-order valence-corrected chi connectivity index (χ1v) is 4.56. The molecule has 1 unspecified atom stereocenters. The highest BCUT2D eigenvalue weighted by molar-refractivity contribution is 14.1. The summed E-state index contributed by atoms with van der Waals surface area (Å²) in [4.78, 5) is 16.4. The van der Waals surface area contributed by atoms with Crippen LogP contribution in [-0.4, -0.2) is 13.5 Å². The fourth-order valence-corrected chi connectivity index (χ4v) is 0. The highest BCUT2D eigenvalue weighted by Crippen LogP contribution is 2.44. The maximum atomic E-state index is 10.0. The lowest BCUT2D eigenvalue weighted by Crippen LogP contribution is -1.88. The Hall–Kier alpha value is 0.880. The summed E-state index contributed by atoms with van der Waals surface area (Å²) in [7, 11) is -3.75. The SMILES string of the molecule is CC(I)P(=O)(O)O. The maximum absolute atomic E-state index is 10.0. The topological polar surface area (TPSA) is 57.5 Å². The van der Waals surface area contributed by atoms with Gasteiger partial charge in [0.25, 0.3) is 0 Å². The molecule has 0 aliphatic carbocycles. The van der Waals surface area contributed by atoms with E-state index in [0.717, 1.165) is 0 Å². The van der Waals surface area contributed by atoms with E-state index in [1.54, 1.807) is 22.6 Å². The summed E-state index contributed by atoms with van der Waals surface area (Å²) in [5.41, 5.74) is 0. The van der Waals surface area contributed by atoms with Crippen LogP contribution in [0.5, 0.6) is 0 Å². The van der Waals surface area contributed by atoms with Gasteiger partial charge >= 0.3 is 7.60 Å². The number of alkyl halides is 1. The first-order chi connectivity index (χ1) is 2.94. The van der Waals surface area contributed by atoms with Gasteiger partial charge in [-0.05, 0) is 6.92 Å². The Morgan fingerprint density at radius 1 is 1.71 bits per heavy atom. The van der Waals surface area contributed by atoms with Crippen molar-refractivity contribution < 1.29 is 14.4 Å². The second kappa shape index (κ2) is 2.44. The van der Waals surface area contributed by atoms with Gasteiger partial charge in [0.15, 0.2) is 0 Å². The summed E-state index contributed by atoms with van der Waals surface area (Å²) in [6.07, 6.45) is 0. The maximum Gasteiger partial charge on any atom is 0.337 e. The van der Waals surface area contributed by atoms with Crippen molar-refractivity contribution in [2.24, 2.45) is 0 Å². The lowest BCUT2D eigenvalue weighted by atomic mass is 11.0. The van der Waals surface area contributed by atoms with Gasteiger partial charge in [0.05, 0.1) is 0 Å². The molecule has 0 aliphatic rings. The van der Waals surface area contributed by atoms with Crippen molar-refractivity contribution in [2.75, 3.05) is 0 Å². The molecule has 0 heterocycles. The zero-order chi connectivity index (χ0) is 6.08. The number of halogens is 1. The molecule has 0 amide bonds. The third-order valence-corrected chi connectivity index (χ3v) is 3.57. The van der Waals surface area contributed by atoms with Crippen molar-refractivity contribution >= 4 is 30.2 Å². The van der Waals surface area contributed by atoms with E-state index in [4.69, 9.17) is 9.79 Å². The van der Waals surface area contributed by atoms with Gasteiger partial charge in [-0.3, -0.25) is 4.57 Å². The Bertz CT molecular complexity index is 95.1. The molecule has 0 saturated heterocycles. The van der Waals surface area contributed by atoms with Gasteiger partial charge in [0, 0.05) is 0 Å². The predicted octanol–water partition coefficient (Wildman–Crippen LogP) is 0.945. The largest absolute Gasteiger partial charge is 0.337 e. The lowest BCUT2D eigenvalue weighted by Gasteiger charge is -2.02. The van der Waals surface area contributed by atoms with E-state index in [1.807, 2.05) is 0 Å². The van der Waals surface area contributed by atoms with E-state index in [2.05, 4.69) is 0 Å². The number of hydrogen-bond donors (Lipinski definition) is 2. The Kier molecular flexibility index (Phi) is 2.74. The van der Waals surface area contributed by atoms with Crippen LogP contribution in [0.4, 0.5) is 0 Å². The molecule has 2 N–H and O–H groups in total. The van der Waals surface area contributed by atoms with Gasteiger partial charge in [0.2, 0.25) is 0 Å². The molecule has 0 saturated carbocycles. The van der Waals surface area contributed by atoms with Crippen molar-refractivity contribution in [1.82, 2.24) is 0 Å². The zero-order valence-corrected chi connectivity index (χ0v) is 6.76. The van der Waals surface area contributed by atoms with Gasteiger partial charge in [-0.2, -0.15) is 0 Å². The molecular weight excluding hydrogens is 230 g/mol. The minimum Gasteiger partial charge on any atom is -0.324 e. The van der Waals surface area contributed by atoms with E-state index in [0.29, 0.717) is 0 Å². The predicted molar refractivity (Wildman–Crippen MR) is 35.5 cm³/mol.